The van der Waals surface area contributed by atoms with E-state index in [0.29, 0.717) is 0 Å². The molecule has 1 saturated heterocycles. The molecule has 0 aliphatic carbocycles. The van der Waals surface area contributed by atoms with Crippen LogP contribution in [0.1, 0.15) is 25.0 Å². The predicted molar refractivity (Wildman–Crippen MR) is 122 cm³/mol. The standard InChI is InChI=1S/C24H29N5O2/c1-24(2)17-29(11-12-31-24)16-18-3-6-21(7-4-18)28-23(30)8-5-19-13-25-10-9-22(19)20-14-26-27-15-20/h3-10,13-15,23,28,30H,11-12,16-17H2,1-2H3,(H,26,27)/b8-5+. The Labute approximate surface area is 182 Å². The average molecular weight is 420 g/mol. The van der Waals surface area contributed by atoms with Crippen molar-refractivity contribution in [3.8, 4) is 11.1 Å². The zero-order valence-corrected chi connectivity index (χ0v) is 18.0. The van der Waals surface area contributed by atoms with Gasteiger partial charge in [0.05, 0.1) is 18.4 Å². The lowest BCUT2D eigenvalue weighted by molar-refractivity contribution is -0.0882. The number of aromatic nitrogens is 3. The number of pyridine rings is 1. The lowest BCUT2D eigenvalue weighted by Gasteiger charge is -2.38. The van der Waals surface area contributed by atoms with Crippen molar-refractivity contribution in [3.63, 3.8) is 0 Å². The van der Waals surface area contributed by atoms with Crippen LogP contribution in [0.15, 0.2) is 61.2 Å². The highest BCUT2D eigenvalue weighted by molar-refractivity contribution is 5.73. The largest absolute Gasteiger partial charge is 0.373 e. The molecule has 1 aliphatic heterocycles. The monoisotopic (exact) mass is 419 g/mol. The topological polar surface area (TPSA) is 86.3 Å². The molecule has 0 spiro atoms. The Morgan fingerprint density at radius 2 is 2.10 bits per heavy atom. The van der Waals surface area contributed by atoms with E-state index in [-0.39, 0.29) is 5.60 Å². The second-order valence-corrected chi connectivity index (χ2v) is 8.41. The number of aliphatic hydroxyl groups excluding tert-OH is 1. The summed E-state index contributed by atoms with van der Waals surface area (Å²) in [5.74, 6) is 0. The van der Waals surface area contributed by atoms with Gasteiger partial charge in [0, 0.05) is 55.0 Å². The molecule has 7 nitrogen and oxygen atoms in total. The molecule has 3 aromatic rings. The van der Waals surface area contributed by atoms with Gasteiger partial charge in [-0.15, -0.1) is 0 Å². The molecule has 0 radical (unpaired) electrons. The summed E-state index contributed by atoms with van der Waals surface area (Å²) in [7, 11) is 0. The second-order valence-electron chi connectivity index (χ2n) is 8.41. The second kappa shape index (κ2) is 9.43. The Balaban J connectivity index is 1.35. The van der Waals surface area contributed by atoms with Crippen LogP contribution in [0.25, 0.3) is 17.2 Å². The van der Waals surface area contributed by atoms with Crippen LogP contribution >= 0.6 is 0 Å². The molecule has 31 heavy (non-hydrogen) atoms. The SMILES string of the molecule is CC1(C)CN(Cc2ccc(NC(O)/C=C/c3cnccc3-c3cn[nH]c3)cc2)CCO1. The molecular weight excluding hydrogens is 390 g/mol. The first-order valence-electron chi connectivity index (χ1n) is 10.5. The maximum absolute atomic E-state index is 10.4. The van der Waals surface area contributed by atoms with Crippen LogP contribution in [0, 0.1) is 0 Å². The van der Waals surface area contributed by atoms with Gasteiger partial charge in [0.25, 0.3) is 0 Å². The van der Waals surface area contributed by atoms with Crippen molar-refractivity contribution in [2.75, 3.05) is 25.0 Å². The van der Waals surface area contributed by atoms with Gasteiger partial charge in [-0.1, -0.05) is 18.2 Å². The number of rotatable bonds is 7. The van der Waals surface area contributed by atoms with Gasteiger partial charge >= 0.3 is 0 Å². The highest BCUT2D eigenvalue weighted by Crippen LogP contribution is 2.23. The molecular formula is C24H29N5O2. The number of nitrogens with one attached hydrogen (secondary N) is 2. The number of morpholine rings is 1. The van der Waals surface area contributed by atoms with Crippen LogP contribution < -0.4 is 5.32 Å². The normalized spacial score (nSPS) is 17.6. The van der Waals surface area contributed by atoms with E-state index in [2.05, 4.69) is 51.4 Å². The fraction of sp³-hybridized carbons (Fsp3) is 0.333. The summed E-state index contributed by atoms with van der Waals surface area (Å²) in [6.45, 7) is 7.79. The molecule has 0 saturated carbocycles. The lowest BCUT2D eigenvalue weighted by Crippen LogP contribution is -2.47. The minimum absolute atomic E-state index is 0.0953. The number of hydrogen-bond donors (Lipinski definition) is 3. The van der Waals surface area contributed by atoms with Crippen LogP contribution in [-0.2, 0) is 11.3 Å². The van der Waals surface area contributed by atoms with Crippen LogP contribution in [0.2, 0.25) is 0 Å². The van der Waals surface area contributed by atoms with Crippen molar-refractivity contribution in [1.29, 1.82) is 0 Å². The van der Waals surface area contributed by atoms with Crippen molar-refractivity contribution in [2.24, 2.45) is 0 Å². The smallest absolute Gasteiger partial charge is 0.144 e. The minimum atomic E-state index is -0.816. The van der Waals surface area contributed by atoms with E-state index in [1.165, 1.54) is 5.56 Å². The summed E-state index contributed by atoms with van der Waals surface area (Å²) < 4.78 is 5.78. The quantitative estimate of drug-likeness (QED) is 0.508. The van der Waals surface area contributed by atoms with Crippen LogP contribution in [0.4, 0.5) is 5.69 Å². The zero-order valence-electron chi connectivity index (χ0n) is 18.0. The third kappa shape index (κ3) is 5.79. The number of nitrogens with zero attached hydrogens (tertiary/aromatic N) is 3. The van der Waals surface area contributed by atoms with Crippen LogP contribution in [0.5, 0.6) is 0 Å². The van der Waals surface area contributed by atoms with Crippen molar-refractivity contribution in [2.45, 2.75) is 32.2 Å². The number of aliphatic hydroxyl groups is 1. The molecule has 1 atom stereocenters. The van der Waals surface area contributed by atoms with E-state index in [1.807, 2.05) is 30.5 Å². The molecule has 0 amide bonds. The molecule has 0 bridgehead atoms. The van der Waals surface area contributed by atoms with Gasteiger partial charge in [-0.25, -0.2) is 0 Å². The molecule has 3 N–H and O–H groups in total. The molecule has 7 heteroatoms. The van der Waals surface area contributed by atoms with Gasteiger partial charge in [-0.05, 0) is 49.2 Å². The zero-order chi connectivity index (χ0) is 21.7. The van der Waals surface area contributed by atoms with E-state index in [9.17, 15) is 5.11 Å². The fourth-order valence-corrected chi connectivity index (χ4v) is 3.83. The summed E-state index contributed by atoms with van der Waals surface area (Å²) in [6, 6.07) is 10.1. The average Bonchev–Trinajstić information content (AvgIpc) is 3.28. The van der Waals surface area contributed by atoms with E-state index in [1.54, 1.807) is 24.7 Å². The Morgan fingerprint density at radius 3 is 2.84 bits per heavy atom. The first-order valence-corrected chi connectivity index (χ1v) is 10.5. The van der Waals surface area contributed by atoms with Crippen LogP contribution in [-0.4, -0.2) is 56.7 Å². The summed E-state index contributed by atoms with van der Waals surface area (Å²) in [5, 5.41) is 20.3. The number of benzene rings is 1. The van der Waals surface area contributed by atoms with Crippen molar-refractivity contribution in [1.82, 2.24) is 20.1 Å². The lowest BCUT2D eigenvalue weighted by atomic mass is 10.0. The number of hydrogen-bond acceptors (Lipinski definition) is 6. The van der Waals surface area contributed by atoms with E-state index in [0.717, 1.165) is 48.6 Å². The summed E-state index contributed by atoms with van der Waals surface area (Å²) in [5.41, 5.74) is 4.90. The number of aromatic amines is 1. The molecule has 1 aliphatic rings. The highest BCUT2D eigenvalue weighted by atomic mass is 16.5. The molecule has 1 unspecified atom stereocenters. The predicted octanol–water partition coefficient (Wildman–Crippen LogP) is 3.53. The maximum Gasteiger partial charge on any atom is 0.144 e. The van der Waals surface area contributed by atoms with Crippen molar-refractivity contribution >= 4 is 11.8 Å². The minimum Gasteiger partial charge on any atom is -0.373 e. The van der Waals surface area contributed by atoms with E-state index >= 15 is 0 Å². The number of ether oxygens (including phenoxy) is 1. The summed E-state index contributed by atoms with van der Waals surface area (Å²) >= 11 is 0. The van der Waals surface area contributed by atoms with Crippen molar-refractivity contribution < 1.29 is 9.84 Å². The van der Waals surface area contributed by atoms with E-state index in [4.69, 9.17) is 4.74 Å². The third-order valence-corrected chi connectivity index (χ3v) is 5.30. The van der Waals surface area contributed by atoms with Gasteiger partial charge in [0.15, 0.2) is 0 Å². The summed E-state index contributed by atoms with van der Waals surface area (Å²) in [4.78, 5) is 6.60. The maximum atomic E-state index is 10.4. The molecule has 2 aromatic heterocycles. The Hall–Kier alpha value is -3.00. The van der Waals surface area contributed by atoms with Crippen LogP contribution in [0.3, 0.4) is 0 Å². The van der Waals surface area contributed by atoms with Gasteiger partial charge in [-0.3, -0.25) is 15.0 Å². The fourth-order valence-electron chi connectivity index (χ4n) is 3.83. The highest BCUT2D eigenvalue weighted by Gasteiger charge is 2.26. The number of anilines is 1. The Kier molecular flexibility index (Phi) is 6.46. The van der Waals surface area contributed by atoms with Gasteiger partial charge in [-0.2, -0.15) is 5.10 Å². The van der Waals surface area contributed by atoms with E-state index < -0.39 is 6.23 Å². The van der Waals surface area contributed by atoms with Crippen molar-refractivity contribution in [3.05, 3.63) is 72.3 Å². The molecule has 4 rings (SSSR count). The molecule has 1 fully saturated rings. The van der Waals surface area contributed by atoms with Gasteiger partial charge in [0.1, 0.15) is 6.23 Å². The number of H-pyrrole nitrogens is 1. The third-order valence-electron chi connectivity index (χ3n) is 5.30. The Bertz CT molecular complexity index is 999. The first kappa shape index (κ1) is 21.2. The first-order chi connectivity index (χ1) is 15.0. The Morgan fingerprint density at radius 1 is 1.26 bits per heavy atom. The van der Waals surface area contributed by atoms with Gasteiger partial charge in [0.2, 0.25) is 0 Å². The molecule has 3 heterocycles. The summed E-state index contributed by atoms with van der Waals surface area (Å²) in [6.07, 6.45) is 9.87. The van der Waals surface area contributed by atoms with Gasteiger partial charge < -0.3 is 15.2 Å². The molecule has 162 valence electrons. The molecule has 1 aromatic carbocycles.